The Morgan fingerprint density at radius 3 is 2.40 bits per heavy atom. The molecule has 0 saturated carbocycles. The number of carbonyl (C=O) groups excluding carboxylic acids is 2. The second-order valence-corrected chi connectivity index (χ2v) is 7.90. The standard InChI is InChI=1S/C25H28N2O3/c1-18(2)16-26-24(28)15-20-9-11-22(12-10-20)27(25(29)23-8-5-13-30-23)17-21-7-4-6-19(3)14-21/h4-14,18H,15-17H2,1-3H3,(H,26,28). The number of anilines is 1. The van der Waals surface area contributed by atoms with Gasteiger partial charge in [0.2, 0.25) is 5.91 Å². The van der Waals surface area contributed by atoms with E-state index >= 15 is 0 Å². The molecule has 1 heterocycles. The van der Waals surface area contributed by atoms with Gasteiger partial charge in [-0.05, 0) is 48.2 Å². The van der Waals surface area contributed by atoms with Crippen molar-refractivity contribution in [3.05, 3.63) is 89.4 Å². The number of furan rings is 1. The summed E-state index contributed by atoms with van der Waals surface area (Å²) in [4.78, 5) is 26.9. The third-order valence-corrected chi connectivity index (χ3v) is 4.72. The Morgan fingerprint density at radius 2 is 1.77 bits per heavy atom. The minimum atomic E-state index is -0.205. The van der Waals surface area contributed by atoms with Crippen LogP contribution in [0.3, 0.4) is 0 Å². The molecule has 0 radical (unpaired) electrons. The highest BCUT2D eigenvalue weighted by Crippen LogP contribution is 2.22. The van der Waals surface area contributed by atoms with E-state index in [2.05, 4.69) is 25.2 Å². The smallest absolute Gasteiger partial charge is 0.294 e. The molecule has 5 heteroatoms. The lowest BCUT2D eigenvalue weighted by molar-refractivity contribution is -0.120. The van der Waals surface area contributed by atoms with Gasteiger partial charge in [-0.2, -0.15) is 0 Å². The normalized spacial score (nSPS) is 10.8. The molecule has 0 aliphatic heterocycles. The van der Waals surface area contributed by atoms with Gasteiger partial charge in [0, 0.05) is 12.2 Å². The predicted molar refractivity (Wildman–Crippen MR) is 118 cm³/mol. The van der Waals surface area contributed by atoms with Gasteiger partial charge in [0.1, 0.15) is 0 Å². The number of hydrogen-bond acceptors (Lipinski definition) is 3. The van der Waals surface area contributed by atoms with Gasteiger partial charge < -0.3 is 14.6 Å². The molecule has 0 saturated heterocycles. The molecule has 0 unspecified atom stereocenters. The molecule has 0 aliphatic rings. The highest BCUT2D eigenvalue weighted by Gasteiger charge is 2.20. The first-order valence-corrected chi connectivity index (χ1v) is 10.2. The molecule has 3 aromatic rings. The molecule has 0 aliphatic carbocycles. The van der Waals surface area contributed by atoms with E-state index in [1.165, 1.54) is 6.26 Å². The van der Waals surface area contributed by atoms with Crippen LogP contribution in [0.2, 0.25) is 0 Å². The van der Waals surface area contributed by atoms with Crippen LogP contribution in [0.5, 0.6) is 0 Å². The summed E-state index contributed by atoms with van der Waals surface area (Å²) >= 11 is 0. The Balaban J connectivity index is 1.79. The molecule has 1 N–H and O–H groups in total. The Morgan fingerprint density at radius 1 is 1.00 bits per heavy atom. The topological polar surface area (TPSA) is 62.6 Å². The fourth-order valence-electron chi connectivity index (χ4n) is 3.17. The maximum atomic E-state index is 13.1. The van der Waals surface area contributed by atoms with Gasteiger partial charge in [-0.1, -0.05) is 55.8 Å². The number of amides is 2. The largest absolute Gasteiger partial charge is 0.459 e. The second-order valence-electron chi connectivity index (χ2n) is 7.90. The Labute approximate surface area is 177 Å². The van der Waals surface area contributed by atoms with Gasteiger partial charge in [0.05, 0.1) is 19.2 Å². The number of nitrogens with zero attached hydrogens (tertiary/aromatic N) is 1. The third kappa shape index (κ3) is 5.83. The van der Waals surface area contributed by atoms with E-state index in [1.807, 2.05) is 49.4 Å². The molecule has 1 aromatic heterocycles. The van der Waals surface area contributed by atoms with Crippen molar-refractivity contribution in [3.63, 3.8) is 0 Å². The first-order chi connectivity index (χ1) is 14.4. The molecular weight excluding hydrogens is 376 g/mol. The molecule has 3 rings (SSSR count). The van der Waals surface area contributed by atoms with Crippen LogP contribution in [0.4, 0.5) is 5.69 Å². The highest BCUT2D eigenvalue weighted by atomic mass is 16.3. The number of benzene rings is 2. The van der Waals surface area contributed by atoms with Crippen LogP contribution >= 0.6 is 0 Å². The van der Waals surface area contributed by atoms with Crippen molar-refractivity contribution in [2.75, 3.05) is 11.4 Å². The SMILES string of the molecule is Cc1cccc(CN(C(=O)c2ccco2)c2ccc(CC(=O)NCC(C)C)cc2)c1. The van der Waals surface area contributed by atoms with E-state index < -0.39 is 0 Å². The van der Waals surface area contributed by atoms with Crippen LogP contribution in [-0.2, 0) is 17.8 Å². The first kappa shape index (κ1) is 21.4. The number of rotatable bonds is 8. The van der Waals surface area contributed by atoms with E-state index in [0.29, 0.717) is 31.2 Å². The quantitative estimate of drug-likeness (QED) is 0.589. The average molecular weight is 405 g/mol. The molecule has 30 heavy (non-hydrogen) atoms. The number of carbonyl (C=O) groups is 2. The van der Waals surface area contributed by atoms with Crippen molar-refractivity contribution in [1.29, 1.82) is 0 Å². The van der Waals surface area contributed by atoms with Crippen LogP contribution in [0, 0.1) is 12.8 Å². The van der Waals surface area contributed by atoms with Crippen molar-refractivity contribution in [1.82, 2.24) is 5.32 Å². The molecule has 5 nitrogen and oxygen atoms in total. The van der Waals surface area contributed by atoms with Crippen molar-refractivity contribution in [2.24, 2.45) is 5.92 Å². The lowest BCUT2D eigenvalue weighted by Gasteiger charge is -2.22. The summed E-state index contributed by atoms with van der Waals surface area (Å²) in [6.45, 7) is 7.25. The fourth-order valence-corrected chi connectivity index (χ4v) is 3.17. The van der Waals surface area contributed by atoms with Crippen LogP contribution in [0.25, 0.3) is 0 Å². The predicted octanol–water partition coefficient (Wildman–Crippen LogP) is 4.75. The number of nitrogens with one attached hydrogen (secondary N) is 1. The molecule has 156 valence electrons. The summed E-state index contributed by atoms with van der Waals surface area (Å²) in [5, 5.41) is 2.93. The van der Waals surface area contributed by atoms with E-state index in [9.17, 15) is 9.59 Å². The summed E-state index contributed by atoms with van der Waals surface area (Å²) in [7, 11) is 0. The summed E-state index contributed by atoms with van der Waals surface area (Å²) in [6.07, 6.45) is 1.81. The Kier molecular flexibility index (Phi) is 7.07. The monoisotopic (exact) mass is 404 g/mol. The van der Waals surface area contributed by atoms with Gasteiger partial charge in [-0.15, -0.1) is 0 Å². The molecule has 0 spiro atoms. The molecule has 2 amide bonds. The van der Waals surface area contributed by atoms with E-state index in [0.717, 1.165) is 22.4 Å². The van der Waals surface area contributed by atoms with Crippen LogP contribution in [0.15, 0.2) is 71.3 Å². The molecule has 0 atom stereocenters. The van der Waals surface area contributed by atoms with E-state index in [1.54, 1.807) is 17.0 Å². The zero-order valence-electron chi connectivity index (χ0n) is 17.7. The zero-order valence-corrected chi connectivity index (χ0v) is 17.7. The molecule has 0 bridgehead atoms. The molecule has 0 fully saturated rings. The highest BCUT2D eigenvalue weighted by molar-refractivity contribution is 6.04. The Bertz CT molecular complexity index is 976. The number of hydrogen-bond donors (Lipinski definition) is 1. The second kappa shape index (κ2) is 9.92. The summed E-state index contributed by atoms with van der Waals surface area (Å²) in [6, 6.07) is 19.0. The van der Waals surface area contributed by atoms with Crippen molar-refractivity contribution in [2.45, 2.75) is 33.7 Å². The van der Waals surface area contributed by atoms with Gasteiger partial charge in [-0.3, -0.25) is 9.59 Å². The maximum absolute atomic E-state index is 13.1. The van der Waals surface area contributed by atoms with E-state index in [4.69, 9.17) is 4.42 Å². The number of aryl methyl sites for hydroxylation is 1. The van der Waals surface area contributed by atoms with Crippen molar-refractivity contribution >= 4 is 17.5 Å². The van der Waals surface area contributed by atoms with Gasteiger partial charge in [0.25, 0.3) is 5.91 Å². The van der Waals surface area contributed by atoms with Gasteiger partial charge in [-0.25, -0.2) is 0 Å². The van der Waals surface area contributed by atoms with Crippen molar-refractivity contribution < 1.29 is 14.0 Å². The lowest BCUT2D eigenvalue weighted by atomic mass is 10.1. The average Bonchev–Trinajstić information content (AvgIpc) is 3.26. The first-order valence-electron chi connectivity index (χ1n) is 10.2. The lowest BCUT2D eigenvalue weighted by Crippen LogP contribution is -2.30. The van der Waals surface area contributed by atoms with Crippen molar-refractivity contribution in [3.8, 4) is 0 Å². The summed E-state index contributed by atoms with van der Waals surface area (Å²) in [5.74, 6) is 0.502. The summed E-state index contributed by atoms with van der Waals surface area (Å²) < 4.78 is 5.34. The molecular formula is C25H28N2O3. The maximum Gasteiger partial charge on any atom is 0.294 e. The van der Waals surface area contributed by atoms with Crippen LogP contribution in [-0.4, -0.2) is 18.4 Å². The minimum absolute atomic E-state index is 0.000251. The molecule has 2 aromatic carbocycles. The zero-order chi connectivity index (χ0) is 21.5. The minimum Gasteiger partial charge on any atom is -0.459 e. The Hall–Kier alpha value is -3.34. The van der Waals surface area contributed by atoms with Gasteiger partial charge >= 0.3 is 0 Å². The van der Waals surface area contributed by atoms with Crippen LogP contribution in [0.1, 0.15) is 41.1 Å². The third-order valence-electron chi connectivity index (χ3n) is 4.72. The fraction of sp³-hybridized carbons (Fsp3) is 0.280. The van der Waals surface area contributed by atoms with Gasteiger partial charge in [0.15, 0.2) is 5.76 Å². The summed E-state index contributed by atoms with van der Waals surface area (Å²) in [5.41, 5.74) is 3.83. The van der Waals surface area contributed by atoms with E-state index in [-0.39, 0.29) is 11.8 Å². The van der Waals surface area contributed by atoms with Crippen LogP contribution < -0.4 is 10.2 Å².